The zero-order chi connectivity index (χ0) is 10.9. The fourth-order valence-electron chi connectivity index (χ4n) is 1.57. The molecule has 1 unspecified atom stereocenters. The molecule has 1 heterocycles. The van der Waals surface area contributed by atoms with Gasteiger partial charge in [0.1, 0.15) is 0 Å². The zero-order valence-corrected chi connectivity index (χ0v) is 9.46. The Labute approximate surface area is 91.4 Å². The number of nitrogens with zero attached hydrogens (tertiary/aromatic N) is 1. The van der Waals surface area contributed by atoms with Crippen molar-refractivity contribution in [2.24, 2.45) is 16.8 Å². The smallest absolute Gasteiger partial charge is 0.205 e. The van der Waals surface area contributed by atoms with Gasteiger partial charge in [0.2, 0.25) is 5.96 Å². The summed E-state index contributed by atoms with van der Waals surface area (Å²) in [5.41, 5.74) is 2.57. The second-order valence-corrected chi connectivity index (χ2v) is 3.84. The van der Waals surface area contributed by atoms with E-state index in [1.807, 2.05) is 0 Å². The van der Waals surface area contributed by atoms with E-state index in [4.69, 9.17) is 10.6 Å². The first-order valence-corrected chi connectivity index (χ1v) is 5.69. The molecule has 88 valence electrons. The average molecular weight is 214 g/mol. The number of nitrogens with one attached hydrogen (secondary N) is 2. The number of aliphatic imine (C=N–C) groups is 1. The standard InChI is InChI=1S/C10H22N4O/c1-2-5-12-10(14-11)13-7-9-4-3-6-15-8-9/h9H,2-8,11H2,1H3,(H2,12,13,14). The highest BCUT2D eigenvalue weighted by atomic mass is 16.5. The van der Waals surface area contributed by atoms with E-state index in [0.29, 0.717) is 11.9 Å². The number of hydrogen-bond acceptors (Lipinski definition) is 3. The van der Waals surface area contributed by atoms with Crippen LogP contribution in [0.3, 0.4) is 0 Å². The van der Waals surface area contributed by atoms with E-state index in [9.17, 15) is 0 Å². The summed E-state index contributed by atoms with van der Waals surface area (Å²) >= 11 is 0. The molecule has 15 heavy (non-hydrogen) atoms. The summed E-state index contributed by atoms with van der Waals surface area (Å²) < 4.78 is 5.39. The molecule has 1 atom stereocenters. The summed E-state index contributed by atoms with van der Waals surface area (Å²) in [6.45, 7) is 5.52. The van der Waals surface area contributed by atoms with Gasteiger partial charge in [0.05, 0.1) is 6.61 Å². The summed E-state index contributed by atoms with van der Waals surface area (Å²) in [6, 6.07) is 0. The van der Waals surface area contributed by atoms with Gasteiger partial charge in [-0.25, -0.2) is 5.84 Å². The third-order valence-corrected chi connectivity index (χ3v) is 2.44. The summed E-state index contributed by atoms with van der Waals surface area (Å²) in [4.78, 5) is 4.39. The first-order valence-electron chi connectivity index (χ1n) is 5.69. The van der Waals surface area contributed by atoms with Gasteiger partial charge >= 0.3 is 0 Å². The molecule has 0 aromatic heterocycles. The molecule has 1 rings (SSSR count). The van der Waals surface area contributed by atoms with Crippen molar-refractivity contribution in [2.45, 2.75) is 26.2 Å². The van der Waals surface area contributed by atoms with Crippen LogP contribution in [0.5, 0.6) is 0 Å². The zero-order valence-electron chi connectivity index (χ0n) is 9.46. The molecule has 0 spiro atoms. The quantitative estimate of drug-likeness (QED) is 0.271. The predicted octanol–water partition coefficient (Wildman–Crippen LogP) is 0.232. The van der Waals surface area contributed by atoms with E-state index in [1.54, 1.807) is 0 Å². The summed E-state index contributed by atoms with van der Waals surface area (Å²) in [6.07, 6.45) is 3.41. The largest absolute Gasteiger partial charge is 0.381 e. The van der Waals surface area contributed by atoms with E-state index in [-0.39, 0.29) is 0 Å². The van der Waals surface area contributed by atoms with Crippen LogP contribution >= 0.6 is 0 Å². The Morgan fingerprint density at radius 2 is 2.47 bits per heavy atom. The van der Waals surface area contributed by atoms with Gasteiger partial charge in [0.15, 0.2) is 0 Å². The molecule has 0 bridgehead atoms. The SMILES string of the molecule is CCCNC(=NCC1CCCOC1)NN. The minimum Gasteiger partial charge on any atom is -0.381 e. The molecule has 0 aliphatic carbocycles. The van der Waals surface area contributed by atoms with E-state index < -0.39 is 0 Å². The average Bonchev–Trinajstić information content (AvgIpc) is 2.31. The van der Waals surface area contributed by atoms with Gasteiger partial charge in [-0.1, -0.05) is 6.92 Å². The lowest BCUT2D eigenvalue weighted by atomic mass is 10.0. The van der Waals surface area contributed by atoms with Crippen molar-refractivity contribution in [3.05, 3.63) is 0 Å². The molecular formula is C10H22N4O. The molecule has 1 aliphatic rings. The fraction of sp³-hybridized carbons (Fsp3) is 0.900. The number of ether oxygens (including phenoxy) is 1. The highest BCUT2D eigenvalue weighted by molar-refractivity contribution is 5.79. The number of hydrazine groups is 1. The van der Waals surface area contributed by atoms with Crippen LogP contribution < -0.4 is 16.6 Å². The van der Waals surface area contributed by atoms with Crippen LogP contribution in [0, 0.1) is 5.92 Å². The van der Waals surface area contributed by atoms with Gasteiger partial charge in [-0.05, 0) is 19.3 Å². The van der Waals surface area contributed by atoms with Gasteiger partial charge in [0, 0.05) is 25.6 Å². The summed E-state index contributed by atoms with van der Waals surface area (Å²) in [5.74, 6) is 6.58. The van der Waals surface area contributed by atoms with E-state index in [0.717, 1.165) is 39.1 Å². The highest BCUT2D eigenvalue weighted by Gasteiger charge is 2.13. The lowest BCUT2D eigenvalue weighted by Gasteiger charge is -2.20. The number of nitrogens with two attached hydrogens (primary N) is 1. The van der Waals surface area contributed by atoms with Crippen molar-refractivity contribution in [3.8, 4) is 0 Å². The Morgan fingerprint density at radius 3 is 3.07 bits per heavy atom. The van der Waals surface area contributed by atoms with Crippen LogP contribution in [0.4, 0.5) is 0 Å². The van der Waals surface area contributed by atoms with Crippen LogP contribution in [-0.2, 0) is 4.74 Å². The van der Waals surface area contributed by atoms with Gasteiger partial charge < -0.3 is 10.1 Å². The van der Waals surface area contributed by atoms with Crippen LogP contribution in [-0.4, -0.2) is 32.3 Å². The molecule has 1 fully saturated rings. The lowest BCUT2D eigenvalue weighted by molar-refractivity contribution is 0.0582. The maximum atomic E-state index is 5.39. The van der Waals surface area contributed by atoms with Crippen LogP contribution in [0.2, 0.25) is 0 Å². The van der Waals surface area contributed by atoms with Crippen molar-refractivity contribution < 1.29 is 4.74 Å². The molecule has 0 aromatic rings. The van der Waals surface area contributed by atoms with Gasteiger partial charge in [-0.3, -0.25) is 10.4 Å². The molecule has 4 N–H and O–H groups in total. The number of rotatable bonds is 4. The molecule has 5 heteroatoms. The number of guanidine groups is 1. The third kappa shape index (κ3) is 4.99. The molecule has 1 aliphatic heterocycles. The monoisotopic (exact) mass is 214 g/mol. The van der Waals surface area contributed by atoms with Gasteiger partial charge in [-0.2, -0.15) is 0 Å². The highest BCUT2D eigenvalue weighted by Crippen LogP contribution is 2.13. The molecular weight excluding hydrogens is 192 g/mol. The van der Waals surface area contributed by atoms with Crippen molar-refractivity contribution in [1.82, 2.24) is 10.7 Å². The second kappa shape index (κ2) is 7.48. The second-order valence-electron chi connectivity index (χ2n) is 3.84. The Balaban J connectivity index is 2.25. The fourth-order valence-corrected chi connectivity index (χ4v) is 1.57. The van der Waals surface area contributed by atoms with Crippen molar-refractivity contribution in [1.29, 1.82) is 0 Å². The Morgan fingerprint density at radius 1 is 1.60 bits per heavy atom. The first-order chi connectivity index (χ1) is 7.36. The molecule has 0 radical (unpaired) electrons. The summed E-state index contributed by atoms with van der Waals surface area (Å²) in [7, 11) is 0. The molecule has 0 saturated carbocycles. The van der Waals surface area contributed by atoms with E-state index >= 15 is 0 Å². The Bertz CT molecular complexity index is 190. The van der Waals surface area contributed by atoms with Crippen LogP contribution in [0.15, 0.2) is 4.99 Å². The minimum atomic E-state index is 0.547. The minimum absolute atomic E-state index is 0.547. The van der Waals surface area contributed by atoms with E-state index in [1.165, 1.54) is 6.42 Å². The normalized spacial score (nSPS) is 22.5. The molecule has 5 nitrogen and oxygen atoms in total. The third-order valence-electron chi connectivity index (χ3n) is 2.44. The lowest BCUT2D eigenvalue weighted by Crippen LogP contribution is -2.42. The van der Waals surface area contributed by atoms with Crippen LogP contribution in [0.1, 0.15) is 26.2 Å². The molecule has 0 amide bonds. The van der Waals surface area contributed by atoms with E-state index in [2.05, 4.69) is 22.7 Å². The number of hydrogen-bond donors (Lipinski definition) is 3. The first kappa shape index (κ1) is 12.3. The topological polar surface area (TPSA) is 71.7 Å². The maximum Gasteiger partial charge on any atom is 0.205 e. The van der Waals surface area contributed by atoms with Crippen molar-refractivity contribution in [2.75, 3.05) is 26.3 Å². The summed E-state index contributed by atoms with van der Waals surface area (Å²) in [5, 5.41) is 3.13. The molecule has 0 aromatic carbocycles. The van der Waals surface area contributed by atoms with Crippen molar-refractivity contribution >= 4 is 5.96 Å². The van der Waals surface area contributed by atoms with Gasteiger partial charge in [-0.15, -0.1) is 0 Å². The Hall–Kier alpha value is -0.810. The Kier molecular flexibility index (Phi) is 6.11. The predicted molar refractivity (Wildman–Crippen MR) is 61.5 cm³/mol. The maximum absolute atomic E-state index is 5.39. The van der Waals surface area contributed by atoms with Crippen LogP contribution in [0.25, 0.3) is 0 Å². The van der Waals surface area contributed by atoms with Crippen molar-refractivity contribution in [3.63, 3.8) is 0 Å². The molecule has 1 saturated heterocycles. The van der Waals surface area contributed by atoms with Gasteiger partial charge in [0.25, 0.3) is 0 Å².